The fourth-order valence-corrected chi connectivity index (χ4v) is 3.47. The number of nitrogens with one attached hydrogen (secondary N) is 1. The molecule has 4 nitrogen and oxygen atoms in total. The summed E-state index contributed by atoms with van der Waals surface area (Å²) in [5.41, 5.74) is -0.571. The van der Waals surface area contributed by atoms with Gasteiger partial charge in [-0.1, -0.05) is 48.5 Å². The van der Waals surface area contributed by atoms with E-state index in [1.807, 2.05) is 24.3 Å². The van der Waals surface area contributed by atoms with E-state index in [1.165, 1.54) is 24.3 Å². The Morgan fingerprint density at radius 3 is 1.75 bits per heavy atom. The Balaban J connectivity index is 2.26. The van der Waals surface area contributed by atoms with Crippen LogP contribution < -0.4 is 5.32 Å². The van der Waals surface area contributed by atoms with Crippen LogP contribution in [-0.4, -0.2) is 39.7 Å². The highest BCUT2D eigenvalue weighted by atomic mass is 19.4. The van der Waals surface area contributed by atoms with E-state index in [-0.39, 0.29) is 5.56 Å². The molecule has 2 rings (SSSR count). The third kappa shape index (κ3) is 7.91. The number of benzene rings is 2. The number of carboxylic acids is 1. The molecule has 0 aliphatic carbocycles. The van der Waals surface area contributed by atoms with Crippen molar-refractivity contribution in [2.75, 3.05) is 0 Å². The van der Waals surface area contributed by atoms with Crippen molar-refractivity contribution in [3.05, 3.63) is 59.7 Å². The zero-order chi connectivity index (χ0) is 24.3. The van der Waals surface area contributed by atoms with Crippen molar-refractivity contribution in [2.24, 2.45) is 0 Å². The van der Waals surface area contributed by atoms with Crippen LogP contribution in [0.3, 0.4) is 0 Å². The first kappa shape index (κ1) is 25.8. The van der Waals surface area contributed by atoms with E-state index in [4.69, 9.17) is 0 Å². The molecular formula is C24H29F4NO3. The van der Waals surface area contributed by atoms with Gasteiger partial charge < -0.3 is 10.2 Å². The van der Waals surface area contributed by atoms with Crippen molar-refractivity contribution < 1.29 is 32.6 Å². The summed E-state index contributed by atoms with van der Waals surface area (Å²) in [6, 6.07) is 8.98. The molecule has 0 bridgehead atoms. The van der Waals surface area contributed by atoms with E-state index >= 15 is 0 Å². The van der Waals surface area contributed by atoms with Crippen LogP contribution in [0.25, 0.3) is 11.1 Å². The van der Waals surface area contributed by atoms with Gasteiger partial charge in [-0.05, 0) is 49.9 Å². The van der Waals surface area contributed by atoms with Gasteiger partial charge in [0.15, 0.2) is 0 Å². The van der Waals surface area contributed by atoms with Crippen molar-refractivity contribution in [3.8, 4) is 11.1 Å². The van der Waals surface area contributed by atoms with Gasteiger partial charge >= 0.3 is 12.1 Å². The van der Waals surface area contributed by atoms with Gasteiger partial charge in [0.2, 0.25) is 0 Å². The molecule has 32 heavy (non-hydrogen) atoms. The molecule has 0 aromatic heterocycles. The lowest BCUT2D eigenvalue weighted by atomic mass is 9.95. The van der Waals surface area contributed by atoms with E-state index < -0.39 is 41.9 Å². The molecule has 0 amide bonds. The Morgan fingerprint density at radius 2 is 1.38 bits per heavy atom. The molecular weight excluding hydrogens is 426 g/mol. The quantitative estimate of drug-likeness (QED) is 0.440. The number of alkyl halides is 4. The highest BCUT2D eigenvalue weighted by Gasteiger charge is 2.43. The minimum atomic E-state index is -4.77. The summed E-state index contributed by atoms with van der Waals surface area (Å²) >= 11 is 0. The summed E-state index contributed by atoms with van der Waals surface area (Å²) in [5, 5.41) is 21.2. The number of aliphatic carboxylic acids is 1. The van der Waals surface area contributed by atoms with Gasteiger partial charge in [0.05, 0.1) is 5.60 Å². The number of aliphatic hydroxyl groups is 1. The molecule has 3 N–H and O–H groups in total. The first-order valence-electron chi connectivity index (χ1n) is 10.2. The first-order chi connectivity index (χ1) is 14.5. The average molecular weight is 455 g/mol. The Kier molecular flexibility index (Phi) is 7.73. The van der Waals surface area contributed by atoms with E-state index in [2.05, 4.69) is 5.32 Å². The van der Waals surface area contributed by atoms with Gasteiger partial charge in [-0.15, -0.1) is 0 Å². The summed E-state index contributed by atoms with van der Waals surface area (Å²) in [6.45, 7) is 5.64. The summed E-state index contributed by atoms with van der Waals surface area (Å²) in [4.78, 5) is 11.4. The van der Waals surface area contributed by atoms with Gasteiger partial charge in [0, 0.05) is 12.8 Å². The Bertz CT molecular complexity index is 895. The normalized spacial score (nSPS) is 14.8. The molecule has 2 atom stereocenters. The van der Waals surface area contributed by atoms with Gasteiger partial charge in [-0.25, -0.2) is 4.39 Å². The number of rotatable bonds is 9. The minimum absolute atomic E-state index is 0.164. The molecule has 8 heteroatoms. The van der Waals surface area contributed by atoms with Gasteiger partial charge in [0.1, 0.15) is 17.8 Å². The Morgan fingerprint density at radius 1 is 0.906 bits per heavy atom. The average Bonchev–Trinajstić information content (AvgIpc) is 2.62. The van der Waals surface area contributed by atoms with Crippen molar-refractivity contribution in [2.45, 2.75) is 70.1 Å². The molecule has 2 aromatic carbocycles. The van der Waals surface area contributed by atoms with Crippen LogP contribution in [0.2, 0.25) is 0 Å². The maximum Gasteiger partial charge on any atom is 0.407 e. The molecule has 0 unspecified atom stereocenters. The molecule has 176 valence electrons. The first-order valence-corrected chi connectivity index (χ1v) is 10.2. The number of carbonyl (C=O) groups is 1. The second kappa shape index (κ2) is 9.58. The number of hydrogen-bond donors (Lipinski definition) is 3. The van der Waals surface area contributed by atoms with Crippen LogP contribution in [-0.2, 0) is 11.2 Å². The smallest absolute Gasteiger partial charge is 0.407 e. The molecule has 0 spiro atoms. The fraction of sp³-hybridized carbons (Fsp3) is 0.458. The zero-order valence-corrected chi connectivity index (χ0v) is 18.5. The maximum atomic E-state index is 13.9. The summed E-state index contributed by atoms with van der Waals surface area (Å²) in [5.74, 6) is -1.55. The van der Waals surface area contributed by atoms with Crippen molar-refractivity contribution in [3.63, 3.8) is 0 Å². The molecule has 0 heterocycles. The third-order valence-corrected chi connectivity index (χ3v) is 4.85. The third-order valence-electron chi connectivity index (χ3n) is 4.85. The topological polar surface area (TPSA) is 69.6 Å². The van der Waals surface area contributed by atoms with Crippen LogP contribution in [0.1, 0.15) is 51.3 Å². The molecule has 0 radical (unpaired) electrons. The van der Waals surface area contributed by atoms with Crippen molar-refractivity contribution >= 4 is 5.97 Å². The van der Waals surface area contributed by atoms with Gasteiger partial charge in [-0.3, -0.25) is 10.1 Å². The monoisotopic (exact) mass is 455 g/mol. The van der Waals surface area contributed by atoms with Gasteiger partial charge in [0.25, 0.3) is 0 Å². The van der Waals surface area contributed by atoms with Crippen LogP contribution in [0.5, 0.6) is 0 Å². The molecule has 0 saturated heterocycles. The van der Waals surface area contributed by atoms with Crippen LogP contribution in [0, 0.1) is 0 Å². The summed E-state index contributed by atoms with van der Waals surface area (Å²) in [7, 11) is 0. The predicted molar refractivity (Wildman–Crippen MR) is 115 cm³/mol. The fourth-order valence-electron chi connectivity index (χ4n) is 3.47. The van der Waals surface area contributed by atoms with Crippen molar-refractivity contribution in [1.29, 1.82) is 0 Å². The van der Waals surface area contributed by atoms with Gasteiger partial charge in [-0.2, -0.15) is 13.2 Å². The van der Waals surface area contributed by atoms with E-state index in [0.717, 1.165) is 25.0 Å². The maximum absolute atomic E-state index is 13.9. The SMILES string of the molecule is CC(C)(O)Cc1ccc(-c2ccc([C@H](N[C@@H](CC(C)(C)F)C(=O)O)C(F)(F)F)cc2)cc1. The molecule has 0 aliphatic heterocycles. The lowest BCUT2D eigenvalue weighted by Gasteiger charge is -2.28. The second-order valence-corrected chi connectivity index (χ2v) is 9.26. The lowest BCUT2D eigenvalue weighted by Crippen LogP contribution is -2.47. The number of carboxylic acid groups (broad SMARTS) is 1. The van der Waals surface area contributed by atoms with E-state index in [1.54, 1.807) is 13.8 Å². The van der Waals surface area contributed by atoms with Crippen LogP contribution >= 0.6 is 0 Å². The van der Waals surface area contributed by atoms with E-state index in [0.29, 0.717) is 12.0 Å². The number of hydrogen-bond acceptors (Lipinski definition) is 3. The minimum Gasteiger partial charge on any atom is -0.480 e. The van der Waals surface area contributed by atoms with Crippen LogP contribution in [0.4, 0.5) is 17.6 Å². The second-order valence-electron chi connectivity index (χ2n) is 9.26. The zero-order valence-electron chi connectivity index (χ0n) is 18.5. The largest absolute Gasteiger partial charge is 0.480 e. The van der Waals surface area contributed by atoms with Crippen molar-refractivity contribution in [1.82, 2.24) is 5.32 Å². The molecule has 2 aromatic rings. The van der Waals surface area contributed by atoms with E-state index in [9.17, 15) is 32.6 Å². The molecule has 0 fully saturated rings. The molecule has 0 aliphatic rings. The highest BCUT2D eigenvalue weighted by Crippen LogP contribution is 2.35. The molecule has 0 saturated carbocycles. The Hall–Kier alpha value is -2.45. The summed E-state index contributed by atoms with van der Waals surface area (Å²) < 4.78 is 55.0. The summed E-state index contributed by atoms with van der Waals surface area (Å²) in [6.07, 6.45) is -4.91. The lowest BCUT2D eigenvalue weighted by molar-refractivity contribution is -0.164. The standard InChI is InChI=1S/C24H29F4NO3/c1-22(2,25)14-19(21(30)31)29-20(24(26,27)28)18-11-9-17(10-12-18)16-7-5-15(6-8-16)13-23(3,4)32/h5-12,19-20,29,32H,13-14H2,1-4H3,(H,30,31)/t19-,20-/m0/s1. The predicted octanol–water partition coefficient (Wildman–Crippen LogP) is 5.45. The number of halogens is 4. The Labute approximate surface area is 185 Å². The highest BCUT2D eigenvalue weighted by molar-refractivity contribution is 5.73. The van der Waals surface area contributed by atoms with Crippen LogP contribution in [0.15, 0.2) is 48.5 Å².